The van der Waals surface area contributed by atoms with E-state index in [9.17, 15) is 4.39 Å². The van der Waals surface area contributed by atoms with Gasteiger partial charge in [-0.15, -0.1) is 0 Å². The summed E-state index contributed by atoms with van der Waals surface area (Å²) < 4.78 is 19.1. The van der Waals surface area contributed by atoms with Crippen LogP contribution in [0.4, 0.5) is 10.1 Å². The van der Waals surface area contributed by atoms with Crippen molar-refractivity contribution in [3.05, 3.63) is 64.6 Å². The summed E-state index contributed by atoms with van der Waals surface area (Å²) in [5.74, 6) is 0.317. The number of likely N-dealkylation sites (tertiary alicyclic amines) is 1. The Kier molecular flexibility index (Phi) is 5.34. The molecule has 0 radical (unpaired) electrons. The summed E-state index contributed by atoms with van der Waals surface area (Å²) in [5, 5.41) is 4.66. The second-order valence-corrected chi connectivity index (χ2v) is 9.52. The average molecular weight is 422 g/mol. The van der Waals surface area contributed by atoms with E-state index in [2.05, 4.69) is 46.6 Å². The van der Waals surface area contributed by atoms with Crippen LogP contribution in [0.2, 0.25) is 0 Å². The van der Waals surface area contributed by atoms with E-state index in [1.54, 1.807) is 12.1 Å². The van der Waals surface area contributed by atoms with Crippen molar-refractivity contribution < 1.29 is 4.39 Å². The second kappa shape index (κ2) is 8.12. The number of fused-ring (bicyclic) bond motifs is 2. The maximum absolute atomic E-state index is 13.5. The van der Waals surface area contributed by atoms with Gasteiger partial charge in [-0.3, -0.25) is 0 Å². The Bertz CT molecular complexity index is 1110. The fourth-order valence-corrected chi connectivity index (χ4v) is 5.62. The molecule has 3 heterocycles. The number of benzene rings is 2. The molecule has 1 aromatic heterocycles. The molecule has 3 aromatic rings. The first-order valence-corrected chi connectivity index (χ1v) is 11.7. The van der Waals surface area contributed by atoms with Gasteiger partial charge in [0, 0.05) is 35.6 Å². The van der Waals surface area contributed by atoms with Crippen molar-refractivity contribution in [2.45, 2.75) is 39.0 Å². The maximum atomic E-state index is 13.5. The van der Waals surface area contributed by atoms with Crippen molar-refractivity contribution in [3.63, 3.8) is 0 Å². The molecule has 5 heteroatoms. The number of piperidine rings is 1. The quantitative estimate of drug-likeness (QED) is 0.554. The Morgan fingerprint density at radius 2 is 1.97 bits per heavy atom. The molecular formula is C25H28FN3S. The number of anilines is 1. The summed E-state index contributed by atoms with van der Waals surface area (Å²) in [7, 11) is 0. The first-order chi connectivity index (χ1) is 14.6. The highest BCUT2D eigenvalue weighted by atomic mass is 32.1. The van der Waals surface area contributed by atoms with Gasteiger partial charge >= 0.3 is 0 Å². The predicted octanol–water partition coefficient (Wildman–Crippen LogP) is 6.08. The van der Waals surface area contributed by atoms with Gasteiger partial charge in [0.05, 0.1) is 10.4 Å². The molecule has 2 aliphatic heterocycles. The van der Waals surface area contributed by atoms with E-state index in [0.717, 1.165) is 55.5 Å². The van der Waals surface area contributed by atoms with Gasteiger partial charge in [0.2, 0.25) is 0 Å². The molecule has 0 amide bonds. The van der Waals surface area contributed by atoms with Crippen molar-refractivity contribution in [1.29, 1.82) is 0 Å². The topological polar surface area (TPSA) is 28.2 Å². The lowest BCUT2D eigenvalue weighted by atomic mass is 9.91. The van der Waals surface area contributed by atoms with Gasteiger partial charge in [-0.25, -0.2) is 4.39 Å². The molecule has 0 aliphatic carbocycles. The molecule has 0 unspecified atom stereocenters. The van der Waals surface area contributed by atoms with Crippen LogP contribution in [-0.2, 0) is 6.42 Å². The van der Waals surface area contributed by atoms with E-state index in [0.29, 0.717) is 5.92 Å². The smallest absolute Gasteiger partial charge is 0.124 e. The van der Waals surface area contributed by atoms with E-state index in [-0.39, 0.29) is 5.82 Å². The van der Waals surface area contributed by atoms with E-state index < -0.39 is 0 Å². The zero-order valence-corrected chi connectivity index (χ0v) is 18.5. The van der Waals surface area contributed by atoms with Gasteiger partial charge in [0.15, 0.2) is 0 Å². The lowest BCUT2D eigenvalue weighted by molar-refractivity contribution is 0.214. The van der Waals surface area contributed by atoms with Crippen molar-refractivity contribution in [1.82, 2.24) is 9.27 Å². The molecule has 2 aromatic carbocycles. The van der Waals surface area contributed by atoms with Crippen molar-refractivity contribution in [2.75, 3.05) is 31.5 Å². The number of rotatable bonds is 4. The van der Waals surface area contributed by atoms with Crippen molar-refractivity contribution in [3.8, 4) is 0 Å². The van der Waals surface area contributed by atoms with E-state index in [1.165, 1.54) is 45.2 Å². The van der Waals surface area contributed by atoms with Crippen LogP contribution in [-0.4, -0.2) is 35.5 Å². The molecule has 1 N–H and O–H groups in total. The summed E-state index contributed by atoms with van der Waals surface area (Å²) >= 11 is 1.43. The average Bonchev–Trinajstić information content (AvgIpc) is 3.18. The number of nitrogens with zero attached hydrogens (tertiary/aromatic N) is 2. The third kappa shape index (κ3) is 3.77. The highest BCUT2D eigenvalue weighted by Gasteiger charge is 2.24. The minimum absolute atomic E-state index is 0.175. The van der Waals surface area contributed by atoms with Gasteiger partial charge in [-0.05, 0) is 99.2 Å². The van der Waals surface area contributed by atoms with Gasteiger partial charge in [-0.2, -0.15) is 4.37 Å². The third-order valence-corrected chi connectivity index (χ3v) is 7.65. The molecule has 2 aliphatic rings. The molecule has 3 nitrogen and oxygen atoms in total. The summed E-state index contributed by atoms with van der Waals surface area (Å²) in [6.07, 6.45) is 3.35. The Balaban J connectivity index is 1.20. The van der Waals surface area contributed by atoms with E-state index >= 15 is 0 Å². The molecule has 5 rings (SSSR count). The zero-order chi connectivity index (χ0) is 20.7. The molecule has 0 saturated carbocycles. The fourth-order valence-electron chi connectivity index (χ4n) is 4.74. The number of allylic oxidation sites excluding steroid dienone is 1. The van der Waals surface area contributed by atoms with Crippen LogP contribution in [0.5, 0.6) is 0 Å². The summed E-state index contributed by atoms with van der Waals surface area (Å²) in [5.41, 5.74) is 8.06. The zero-order valence-electron chi connectivity index (χ0n) is 17.7. The Labute approximate surface area is 181 Å². The molecule has 0 spiro atoms. The Hall–Kier alpha value is -2.24. The van der Waals surface area contributed by atoms with E-state index in [1.807, 2.05) is 6.07 Å². The summed E-state index contributed by atoms with van der Waals surface area (Å²) in [6.45, 7) is 8.72. The third-order valence-electron chi connectivity index (χ3n) is 6.83. The summed E-state index contributed by atoms with van der Waals surface area (Å²) in [6, 6.07) is 11.9. The van der Waals surface area contributed by atoms with Crippen LogP contribution in [0.15, 0.2) is 42.0 Å². The van der Waals surface area contributed by atoms with Crippen LogP contribution in [0.1, 0.15) is 49.4 Å². The molecule has 156 valence electrons. The maximum Gasteiger partial charge on any atom is 0.124 e. The molecular weight excluding hydrogens is 393 g/mol. The lowest BCUT2D eigenvalue weighted by Gasteiger charge is -2.31. The number of hydrogen-bond donors (Lipinski definition) is 1. The number of nitrogens with one attached hydrogen (secondary N) is 1. The molecule has 0 atom stereocenters. The highest BCUT2D eigenvalue weighted by Crippen LogP contribution is 2.35. The van der Waals surface area contributed by atoms with E-state index in [4.69, 9.17) is 0 Å². The predicted molar refractivity (Wildman–Crippen MR) is 125 cm³/mol. The van der Waals surface area contributed by atoms with Gasteiger partial charge < -0.3 is 10.2 Å². The van der Waals surface area contributed by atoms with Crippen LogP contribution in [0.25, 0.3) is 15.7 Å². The van der Waals surface area contributed by atoms with Gasteiger partial charge in [0.25, 0.3) is 0 Å². The second-order valence-electron chi connectivity index (χ2n) is 8.71. The van der Waals surface area contributed by atoms with Crippen LogP contribution in [0.3, 0.4) is 0 Å². The highest BCUT2D eigenvalue weighted by molar-refractivity contribution is 7.13. The van der Waals surface area contributed by atoms with Crippen molar-refractivity contribution >= 4 is 32.9 Å². The first kappa shape index (κ1) is 19.7. The fraction of sp³-hybridized carbons (Fsp3) is 0.400. The molecule has 1 saturated heterocycles. The molecule has 0 bridgehead atoms. The Morgan fingerprint density at radius 3 is 2.80 bits per heavy atom. The van der Waals surface area contributed by atoms with Crippen LogP contribution < -0.4 is 5.32 Å². The normalized spacial score (nSPS) is 18.0. The monoisotopic (exact) mass is 421 g/mol. The largest absolute Gasteiger partial charge is 0.381 e. The summed E-state index contributed by atoms with van der Waals surface area (Å²) in [4.78, 5) is 2.58. The molecule has 1 fully saturated rings. The van der Waals surface area contributed by atoms with Gasteiger partial charge in [-0.1, -0.05) is 11.6 Å². The lowest BCUT2D eigenvalue weighted by Crippen LogP contribution is -2.34. The standard InChI is InChI=1S/C25H28FN3S/c1-16-15-27-23-6-3-18(13-22(23)17(16)2)7-10-29-11-8-19(9-12-29)25-21-5-4-20(26)14-24(21)30-28-25/h3-6,13-14,19,27H,7-12,15H2,1-2H3. The number of halogens is 1. The SMILES string of the molecule is CC1=C(C)c2cc(CCN3CCC(c4nsc5cc(F)ccc45)CC3)ccc2NC1. The minimum atomic E-state index is -0.175. The number of hydrogen-bond acceptors (Lipinski definition) is 4. The molecule has 30 heavy (non-hydrogen) atoms. The Morgan fingerprint density at radius 1 is 1.13 bits per heavy atom. The first-order valence-electron chi connectivity index (χ1n) is 10.9. The minimum Gasteiger partial charge on any atom is -0.381 e. The van der Waals surface area contributed by atoms with Gasteiger partial charge in [0.1, 0.15) is 5.82 Å². The van der Waals surface area contributed by atoms with Crippen LogP contribution in [0, 0.1) is 5.82 Å². The van der Waals surface area contributed by atoms with Crippen LogP contribution >= 0.6 is 11.5 Å². The van der Waals surface area contributed by atoms with Crippen molar-refractivity contribution in [2.24, 2.45) is 0 Å². The number of aromatic nitrogens is 1.